The van der Waals surface area contributed by atoms with Gasteiger partial charge in [-0.25, -0.2) is 13.6 Å². The van der Waals surface area contributed by atoms with E-state index in [0.717, 1.165) is 13.2 Å². The molecule has 0 spiro atoms. The number of hydrogen-bond donors (Lipinski definition) is 1. The van der Waals surface area contributed by atoms with E-state index in [1.165, 1.54) is 12.1 Å². The van der Waals surface area contributed by atoms with Gasteiger partial charge in [0, 0.05) is 10.9 Å². The molecule has 0 saturated heterocycles. The molecule has 1 heterocycles. The fourth-order valence-electron chi connectivity index (χ4n) is 1.37. The summed E-state index contributed by atoms with van der Waals surface area (Å²) in [6, 6.07) is 3.56. The van der Waals surface area contributed by atoms with Gasteiger partial charge in [-0.05, 0) is 18.2 Å². The molecule has 3 nitrogen and oxygen atoms in total. The van der Waals surface area contributed by atoms with Crippen molar-refractivity contribution < 1.29 is 18.3 Å². The number of methoxy groups -OCH3 is 1. The van der Waals surface area contributed by atoms with Gasteiger partial charge in [0.1, 0.15) is 5.82 Å². The Morgan fingerprint density at radius 3 is 2.80 bits per heavy atom. The molecule has 0 saturated carbocycles. The maximum Gasteiger partial charge on any atom is 0.357 e. The molecule has 0 aliphatic carbocycles. The molecule has 1 aromatic heterocycles. The van der Waals surface area contributed by atoms with Crippen LogP contribution < -0.4 is 0 Å². The van der Waals surface area contributed by atoms with Crippen LogP contribution in [0.1, 0.15) is 10.5 Å². The Morgan fingerprint density at radius 2 is 2.13 bits per heavy atom. The second-order valence-corrected chi connectivity index (χ2v) is 3.00. The number of nitrogens with one attached hydrogen (secondary N) is 1. The molecule has 0 aliphatic rings. The molecule has 0 radical (unpaired) electrons. The lowest BCUT2D eigenvalue weighted by Crippen LogP contribution is -2.03. The molecule has 15 heavy (non-hydrogen) atoms. The summed E-state index contributed by atoms with van der Waals surface area (Å²) in [5, 5.41) is 0.0374. The van der Waals surface area contributed by atoms with Gasteiger partial charge in [-0.15, -0.1) is 0 Å². The summed E-state index contributed by atoms with van der Waals surface area (Å²) in [5.41, 5.74) is 0.0624. The number of aromatic nitrogens is 1. The largest absolute Gasteiger partial charge is 0.464 e. The summed E-state index contributed by atoms with van der Waals surface area (Å²) in [4.78, 5) is 13.6. The number of halogens is 2. The SMILES string of the molecule is COC(=O)c1[nH]c2ccc(F)cc2c1F. The Hall–Kier alpha value is -1.91. The van der Waals surface area contributed by atoms with Gasteiger partial charge in [-0.3, -0.25) is 0 Å². The van der Waals surface area contributed by atoms with Crippen molar-refractivity contribution >= 4 is 16.9 Å². The van der Waals surface area contributed by atoms with Gasteiger partial charge in [-0.2, -0.15) is 0 Å². The maximum absolute atomic E-state index is 13.5. The minimum absolute atomic E-state index is 0.0374. The molecule has 2 aromatic rings. The topological polar surface area (TPSA) is 42.1 Å². The summed E-state index contributed by atoms with van der Waals surface area (Å²) in [6.45, 7) is 0. The lowest BCUT2D eigenvalue weighted by atomic mass is 10.2. The van der Waals surface area contributed by atoms with Crippen LogP contribution in [0.4, 0.5) is 8.78 Å². The average Bonchev–Trinajstić information content (AvgIpc) is 2.55. The van der Waals surface area contributed by atoms with Crippen LogP contribution in [0.2, 0.25) is 0 Å². The number of rotatable bonds is 1. The van der Waals surface area contributed by atoms with Gasteiger partial charge in [0.25, 0.3) is 0 Å². The van der Waals surface area contributed by atoms with Crippen molar-refractivity contribution in [1.82, 2.24) is 4.98 Å². The van der Waals surface area contributed by atoms with Gasteiger partial charge >= 0.3 is 5.97 Å². The summed E-state index contributed by atoms with van der Waals surface area (Å²) in [5.74, 6) is -2.17. The first-order chi connectivity index (χ1) is 7.13. The van der Waals surface area contributed by atoms with Crippen molar-refractivity contribution in [3.05, 3.63) is 35.5 Å². The Labute approximate surface area is 83.7 Å². The van der Waals surface area contributed by atoms with Crippen molar-refractivity contribution in [2.24, 2.45) is 0 Å². The molecular formula is C10H7F2NO2. The lowest BCUT2D eigenvalue weighted by molar-refractivity contribution is 0.0590. The van der Waals surface area contributed by atoms with Crippen LogP contribution in [0, 0.1) is 11.6 Å². The first-order valence-corrected chi connectivity index (χ1v) is 4.18. The highest BCUT2D eigenvalue weighted by Crippen LogP contribution is 2.22. The van der Waals surface area contributed by atoms with Gasteiger partial charge in [-0.1, -0.05) is 0 Å². The summed E-state index contributed by atoms with van der Waals surface area (Å²) >= 11 is 0. The van der Waals surface area contributed by atoms with E-state index in [-0.39, 0.29) is 11.1 Å². The zero-order valence-electron chi connectivity index (χ0n) is 7.80. The van der Waals surface area contributed by atoms with E-state index in [1.54, 1.807) is 0 Å². The lowest BCUT2D eigenvalue weighted by Gasteiger charge is -1.93. The monoisotopic (exact) mass is 211 g/mol. The van der Waals surface area contributed by atoms with E-state index < -0.39 is 17.6 Å². The first kappa shape index (κ1) is 9.64. The van der Waals surface area contributed by atoms with Crippen molar-refractivity contribution in [3.8, 4) is 0 Å². The van der Waals surface area contributed by atoms with E-state index in [1.807, 2.05) is 0 Å². The third-order valence-electron chi connectivity index (χ3n) is 2.09. The zero-order chi connectivity index (χ0) is 11.0. The van der Waals surface area contributed by atoms with Crippen molar-refractivity contribution in [1.29, 1.82) is 0 Å². The zero-order valence-corrected chi connectivity index (χ0v) is 7.80. The highest BCUT2D eigenvalue weighted by molar-refractivity contribution is 5.95. The van der Waals surface area contributed by atoms with E-state index in [4.69, 9.17) is 0 Å². The molecule has 0 fully saturated rings. The van der Waals surface area contributed by atoms with Crippen LogP contribution in [0.3, 0.4) is 0 Å². The number of fused-ring (bicyclic) bond motifs is 1. The van der Waals surface area contributed by atoms with Crippen LogP contribution in [-0.2, 0) is 4.74 Å². The second-order valence-electron chi connectivity index (χ2n) is 3.00. The molecule has 78 valence electrons. The first-order valence-electron chi connectivity index (χ1n) is 4.18. The number of carbonyl (C=O) groups is 1. The number of aromatic amines is 1. The molecule has 0 bridgehead atoms. The summed E-state index contributed by atoms with van der Waals surface area (Å²) < 4.78 is 30.7. The normalized spacial score (nSPS) is 10.6. The Kier molecular flexibility index (Phi) is 2.15. The molecule has 0 amide bonds. The predicted octanol–water partition coefficient (Wildman–Crippen LogP) is 2.23. The molecule has 0 atom stereocenters. The number of hydrogen-bond acceptors (Lipinski definition) is 2. The minimum Gasteiger partial charge on any atom is -0.464 e. The van der Waals surface area contributed by atoms with Crippen molar-refractivity contribution in [2.45, 2.75) is 0 Å². The molecular weight excluding hydrogens is 204 g/mol. The molecule has 0 unspecified atom stereocenters. The Balaban J connectivity index is 2.69. The van der Waals surface area contributed by atoms with Crippen LogP contribution in [-0.4, -0.2) is 18.1 Å². The number of benzene rings is 1. The quantitative estimate of drug-likeness (QED) is 0.735. The molecule has 5 heteroatoms. The van der Waals surface area contributed by atoms with Crippen LogP contribution in [0.15, 0.2) is 18.2 Å². The third kappa shape index (κ3) is 1.45. The number of carbonyl (C=O) groups excluding carboxylic acids is 1. The van der Waals surface area contributed by atoms with E-state index in [2.05, 4.69) is 9.72 Å². The van der Waals surface area contributed by atoms with Gasteiger partial charge in [0.15, 0.2) is 11.5 Å². The fraction of sp³-hybridized carbons (Fsp3) is 0.100. The van der Waals surface area contributed by atoms with Crippen LogP contribution in [0.5, 0.6) is 0 Å². The summed E-state index contributed by atoms with van der Waals surface area (Å²) in [6.07, 6.45) is 0. The number of esters is 1. The van der Waals surface area contributed by atoms with E-state index >= 15 is 0 Å². The highest BCUT2D eigenvalue weighted by atomic mass is 19.1. The predicted molar refractivity (Wildman–Crippen MR) is 49.6 cm³/mol. The molecule has 2 rings (SSSR count). The number of H-pyrrole nitrogens is 1. The van der Waals surface area contributed by atoms with Gasteiger partial charge in [0.05, 0.1) is 7.11 Å². The van der Waals surface area contributed by atoms with E-state index in [9.17, 15) is 13.6 Å². The third-order valence-corrected chi connectivity index (χ3v) is 2.09. The van der Waals surface area contributed by atoms with Crippen molar-refractivity contribution in [3.63, 3.8) is 0 Å². The van der Waals surface area contributed by atoms with Crippen molar-refractivity contribution in [2.75, 3.05) is 7.11 Å². The standard InChI is InChI=1S/C10H7F2NO2/c1-15-10(14)9-8(12)6-4-5(11)2-3-7(6)13-9/h2-4,13H,1H3. The summed E-state index contributed by atoms with van der Waals surface area (Å²) in [7, 11) is 1.15. The van der Waals surface area contributed by atoms with Crippen LogP contribution >= 0.6 is 0 Å². The molecule has 0 aliphatic heterocycles. The maximum atomic E-state index is 13.5. The second kappa shape index (κ2) is 3.34. The molecule has 1 N–H and O–H groups in total. The highest BCUT2D eigenvalue weighted by Gasteiger charge is 2.18. The van der Waals surface area contributed by atoms with Gasteiger partial charge < -0.3 is 9.72 Å². The minimum atomic E-state index is -0.816. The fourth-order valence-corrected chi connectivity index (χ4v) is 1.37. The molecule has 1 aromatic carbocycles. The Bertz CT molecular complexity index is 533. The number of ether oxygens (including phenoxy) is 1. The van der Waals surface area contributed by atoms with E-state index in [0.29, 0.717) is 5.52 Å². The van der Waals surface area contributed by atoms with Gasteiger partial charge in [0.2, 0.25) is 0 Å². The van der Waals surface area contributed by atoms with Crippen LogP contribution in [0.25, 0.3) is 10.9 Å². The Morgan fingerprint density at radius 1 is 1.40 bits per heavy atom. The smallest absolute Gasteiger partial charge is 0.357 e. The average molecular weight is 211 g/mol.